The van der Waals surface area contributed by atoms with E-state index in [-0.39, 0.29) is 5.91 Å². The molecule has 4 nitrogen and oxygen atoms in total. The van der Waals surface area contributed by atoms with Crippen LogP contribution in [0.15, 0.2) is 18.2 Å². The maximum atomic E-state index is 12.6. The molecule has 0 aromatic carbocycles. The Morgan fingerprint density at radius 2 is 2.11 bits per heavy atom. The zero-order valence-electron chi connectivity index (χ0n) is 11.9. The summed E-state index contributed by atoms with van der Waals surface area (Å²) in [5.74, 6) is 0.803. The van der Waals surface area contributed by atoms with Crippen molar-refractivity contribution >= 4 is 11.7 Å². The van der Waals surface area contributed by atoms with E-state index in [0.717, 1.165) is 25.2 Å². The van der Waals surface area contributed by atoms with Crippen molar-refractivity contribution in [3.8, 4) is 0 Å². The van der Waals surface area contributed by atoms with Crippen LogP contribution in [0.4, 0.5) is 5.82 Å². The third kappa shape index (κ3) is 3.25. The van der Waals surface area contributed by atoms with Crippen LogP contribution in [0.5, 0.6) is 0 Å². The second kappa shape index (κ2) is 6.55. The Balaban J connectivity index is 2.14. The van der Waals surface area contributed by atoms with Crippen molar-refractivity contribution in [2.45, 2.75) is 45.1 Å². The Morgan fingerprint density at radius 1 is 1.37 bits per heavy atom. The van der Waals surface area contributed by atoms with Gasteiger partial charge in [0.25, 0.3) is 5.91 Å². The minimum absolute atomic E-state index is 0.0616. The monoisotopic (exact) mass is 261 g/mol. The van der Waals surface area contributed by atoms with E-state index < -0.39 is 0 Å². The zero-order valence-corrected chi connectivity index (χ0v) is 11.9. The summed E-state index contributed by atoms with van der Waals surface area (Å²) < 4.78 is 0. The van der Waals surface area contributed by atoms with Crippen molar-refractivity contribution < 1.29 is 4.79 Å². The quantitative estimate of drug-likeness (QED) is 0.906. The molecule has 0 bridgehead atoms. The fraction of sp³-hybridized carbons (Fsp3) is 0.600. The summed E-state index contributed by atoms with van der Waals surface area (Å²) in [5, 5.41) is 2.98. The average molecular weight is 261 g/mol. The van der Waals surface area contributed by atoms with Gasteiger partial charge in [-0.1, -0.05) is 25.3 Å². The lowest BCUT2D eigenvalue weighted by Crippen LogP contribution is -2.41. The van der Waals surface area contributed by atoms with Crippen molar-refractivity contribution in [1.82, 2.24) is 9.88 Å². The molecule has 2 rings (SSSR count). The molecule has 1 aromatic rings. The Labute approximate surface area is 115 Å². The number of nitrogens with one attached hydrogen (secondary N) is 1. The predicted octanol–water partition coefficient (Wildman–Crippen LogP) is 2.92. The van der Waals surface area contributed by atoms with E-state index in [2.05, 4.69) is 17.2 Å². The number of amides is 1. The molecule has 1 fully saturated rings. The van der Waals surface area contributed by atoms with Crippen LogP contribution in [-0.2, 0) is 0 Å². The first-order chi connectivity index (χ1) is 9.26. The van der Waals surface area contributed by atoms with Gasteiger partial charge < -0.3 is 10.2 Å². The molecule has 1 N–H and O–H groups in total. The lowest BCUT2D eigenvalue weighted by atomic mass is 9.94. The molecule has 4 heteroatoms. The smallest absolute Gasteiger partial charge is 0.272 e. The molecule has 1 aliphatic rings. The summed E-state index contributed by atoms with van der Waals surface area (Å²) >= 11 is 0. The summed E-state index contributed by atoms with van der Waals surface area (Å²) in [6, 6.07) is 5.94. The van der Waals surface area contributed by atoms with Crippen LogP contribution in [0.25, 0.3) is 0 Å². The average Bonchev–Trinajstić information content (AvgIpc) is 2.49. The number of nitrogens with zero attached hydrogens (tertiary/aromatic N) is 2. The van der Waals surface area contributed by atoms with Crippen LogP contribution < -0.4 is 5.32 Å². The molecule has 1 heterocycles. The number of rotatable bonds is 4. The largest absolute Gasteiger partial charge is 0.373 e. The Bertz CT molecular complexity index is 427. The van der Waals surface area contributed by atoms with Crippen LogP contribution in [-0.4, -0.2) is 35.4 Å². The van der Waals surface area contributed by atoms with Crippen molar-refractivity contribution in [2.24, 2.45) is 0 Å². The highest BCUT2D eigenvalue weighted by atomic mass is 16.2. The summed E-state index contributed by atoms with van der Waals surface area (Å²) in [4.78, 5) is 18.9. The number of hydrogen-bond acceptors (Lipinski definition) is 3. The molecule has 0 aliphatic heterocycles. The topological polar surface area (TPSA) is 45.2 Å². The Hall–Kier alpha value is -1.58. The van der Waals surface area contributed by atoms with Crippen molar-refractivity contribution in [1.29, 1.82) is 0 Å². The second-order valence-corrected chi connectivity index (χ2v) is 5.04. The van der Waals surface area contributed by atoms with Gasteiger partial charge in [-0.25, -0.2) is 4.98 Å². The van der Waals surface area contributed by atoms with Gasteiger partial charge >= 0.3 is 0 Å². The normalized spacial score (nSPS) is 16.1. The molecule has 0 unspecified atom stereocenters. The lowest BCUT2D eigenvalue weighted by Gasteiger charge is -2.33. The summed E-state index contributed by atoms with van der Waals surface area (Å²) in [6.45, 7) is 2.81. The van der Waals surface area contributed by atoms with E-state index in [1.165, 1.54) is 19.3 Å². The van der Waals surface area contributed by atoms with Gasteiger partial charge in [0.15, 0.2) is 0 Å². The fourth-order valence-corrected chi connectivity index (χ4v) is 2.80. The van der Waals surface area contributed by atoms with Crippen molar-refractivity contribution in [2.75, 3.05) is 18.9 Å². The maximum Gasteiger partial charge on any atom is 0.272 e. The van der Waals surface area contributed by atoms with Crippen LogP contribution >= 0.6 is 0 Å². The number of aromatic nitrogens is 1. The molecule has 1 saturated carbocycles. The first kappa shape index (κ1) is 13.8. The molecule has 104 valence electrons. The zero-order chi connectivity index (χ0) is 13.7. The van der Waals surface area contributed by atoms with E-state index in [1.54, 1.807) is 6.07 Å². The Kier molecular flexibility index (Phi) is 4.77. The maximum absolute atomic E-state index is 12.6. The van der Waals surface area contributed by atoms with Gasteiger partial charge in [-0.2, -0.15) is 0 Å². The molecule has 1 aliphatic carbocycles. The molecular formula is C15H23N3O. The highest BCUT2D eigenvalue weighted by molar-refractivity contribution is 5.92. The number of pyridine rings is 1. The summed E-state index contributed by atoms with van der Waals surface area (Å²) in [7, 11) is 1.81. The highest BCUT2D eigenvalue weighted by Gasteiger charge is 2.25. The second-order valence-electron chi connectivity index (χ2n) is 5.04. The molecule has 0 saturated heterocycles. The predicted molar refractivity (Wildman–Crippen MR) is 77.4 cm³/mol. The van der Waals surface area contributed by atoms with Crippen molar-refractivity contribution in [3.05, 3.63) is 23.9 Å². The highest BCUT2D eigenvalue weighted by Crippen LogP contribution is 2.23. The van der Waals surface area contributed by atoms with E-state index in [1.807, 2.05) is 24.1 Å². The molecule has 0 atom stereocenters. The first-order valence-electron chi connectivity index (χ1n) is 7.22. The molecular weight excluding hydrogens is 238 g/mol. The third-order valence-electron chi connectivity index (χ3n) is 3.84. The van der Waals surface area contributed by atoms with E-state index in [4.69, 9.17) is 0 Å². The minimum atomic E-state index is 0.0616. The van der Waals surface area contributed by atoms with Crippen LogP contribution in [0.2, 0.25) is 0 Å². The van der Waals surface area contributed by atoms with Gasteiger partial charge in [0.1, 0.15) is 11.5 Å². The number of hydrogen-bond donors (Lipinski definition) is 1. The van der Waals surface area contributed by atoms with E-state index in [9.17, 15) is 4.79 Å². The molecule has 1 amide bonds. The SMILES string of the molecule is CCN(C(=O)c1cccc(NC)n1)C1CCCCC1. The van der Waals surface area contributed by atoms with E-state index >= 15 is 0 Å². The molecule has 1 aromatic heterocycles. The summed E-state index contributed by atoms with van der Waals surface area (Å²) in [6.07, 6.45) is 6.03. The van der Waals surface area contributed by atoms with Crippen LogP contribution in [0.1, 0.15) is 49.5 Å². The van der Waals surface area contributed by atoms with E-state index in [0.29, 0.717) is 11.7 Å². The number of carbonyl (C=O) groups is 1. The van der Waals surface area contributed by atoms with Crippen LogP contribution in [0.3, 0.4) is 0 Å². The van der Waals surface area contributed by atoms with Gasteiger partial charge in [-0.15, -0.1) is 0 Å². The lowest BCUT2D eigenvalue weighted by molar-refractivity contribution is 0.0642. The standard InChI is InChI=1S/C15H23N3O/c1-3-18(12-8-5-4-6-9-12)15(19)13-10-7-11-14(16-2)17-13/h7,10-12H,3-6,8-9H2,1-2H3,(H,16,17). The fourth-order valence-electron chi connectivity index (χ4n) is 2.80. The Morgan fingerprint density at radius 3 is 2.74 bits per heavy atom. The van der Waals surface area contributed by atoms with Gasteiger partial charge in [-0.05, 0) is 31.9 Å². The van der Waals surface area contributed by atoms with Gasteiger partial charge in [-0.3, -0.25) is 4.79 Å². The molecule has 0 spiro atoms. The van der Waals surface area contributed by atoms with Crippen LogP contribution in [0, 0.1) is 0 Å². The summed E-state index contributed by atoms with van der Waals surface area (Å²) in [5.41, 5.74) is 0.541. The van der Waals surface area contributed by atoms with Crippen molar-refractivity contribution in [3.63, 3.8) is 0 Å². The number of carbonyl (C=O) groups excluding carboxylic acids is 1. The molecule has 19 heavy (non-hydrogen) atoms. The first-order valence-corrected chi connectivity index (χ1v) is 7.22. The van der Waals surface area contributed by atoms with Gasteiger partial charge in [0.05, 0.1) is 0 Å². The third-order valence-corrected chi connectivity index (χ3v) is 3.84. The molecule has 0 radical (unpaired) electrons. The van der Waals surface area contributed by atoms with Gasteiger partial charge in [0, 0.05) is 19.6 Å². The number of anilines is 1. The van der Waals surface area contributed by atoms with Gasteiger partial charge in [0.2, 0.25) is 0 Å². The minimum Gasteiger partial charge on any atom is -0.373 e.